The van der Waals surface area contributed by atoms with Crippen molar-refractivity contribution in [2.75, 3.05) is 6.61 Å². The van der Waals surface area contributed by atoms with E-state index in [-0.39, 0.29) is 11.7 Å². The molecular weight excluding hydrogens is 446 g/mol. The summed E-state index contributed by atoms with van der Waals surface area (Å²) in [5.41, 5.74) is 3.10. The van der Waals surface area contributed by atoms with E-state index in [9.17, 15) is 4.79 Å². The quantitative estimate of drug-likeness (QED) is 0.391. The first kappa shape index (κ1) is 21.2. The Bertz CT molecular complexity index is 1310. The molecule has 164 valence electrons. The van der Waals surface area contributed by atoms with Crippen LogP contribution in [0.1, 0.15) is 24.2 Å². The lowest BCUT2D eigenvalue weighted by molar-refractivity contribution is 0.0953. The van der Waals surface area contributed by atoms with E-state index in [0.29, 0.717) is 28.7 Å². The van der Waals surface area contributed by atoms with Gasteiger partial charge in [-0.3, -0.25) is 13.8 Å². The molecule has 1 saturated heterocycles. The maximum Gasteiger partial charge on any atom is 0.258 e. The third kappa shape index (κ3) is 4.30. The van der Waals surface area contributed by atoms with E-state index in [1.807, 2.05) is 49.4 Å². The molecule has 0 bridgehead atoms. The number of hydrogen-bond donors (Lipinski definition) is 0. The van der Waals surface area contributed by atoms with Crippen LogP contribution in [0.4, 0.5) is 0 Å². The van der Waals surface area contributed by atoms with E-state index >= 15 is 0 Å². The van der Waals surface area contributed by atoms with Crippen molar-refractivity contribution in [3.63, 3.8) is 0 Å². The minimum Gasteiger partial charge on any atom is -0.376 e. The fraction of sp³-hybridized carbons (Fsp3) is 0.304. The lowest BCUT2D eigenvalue weighted by atomic mass is 10.2. The molecular formula is C23H22ClN5O2S. The third-order valence-electron chi connectivity index (χ3n) is 5.51. The Balaban J connectivity index is 1.44. The SMILES string of the molecule is Cc1cccc2nc(CSc3nnc(-c4ccc(Cl)cc4)n3C[C@@H]3CCCO3)cc(=O)n12. The molecule has 1 atom stereocenters. The summed E-state index contributed by atoms with van der Waals surface area (Å²) in [6.07, 6.45) is 2.23. The van der Waals surface area contributed by atoms with E-state index in [1.54, 1.807) is 10.5 Å². The van der Waals surface area contributed by atoms with Crippen LogP contribution in [0.15, 0.2) is 58.5 Å². The van der Waals surface area contributed by atoms with Gasteiger partial charge in [0.25, 0.3) is 5.56 Å². The molecule has 0 radical (unpaired) electrons. The van der Waals surface area contributed by atoms with E-state index in [4.69, 9.17) is 16.3 Å². The Morgan fingerprint density at radius 3 is 2.81 bits per heavy atom. The number of nitrogens with zero attached hydrogens (tertiary/aromatic N) is 5. The van der Waals surface area contributed by atoms with Gasteiger partial charge in [-0.2, -0.15) is 0 Å². The van der Waals surface area contributed by atoms with E-state index in [2.05, 4.69) is 19.7 Å². The highest BCUT2D eigenvalue weighted by molar-refractivity contribution is 7.98. The van der Waals surface area contributed by atoms with Gasteiger partial charge in [0, 0.05) is 34.7 Å². The van der Waals surface area contributed by atoms with Crippen LogP contribution in [0.5, 0.6) is 0 Å². The molecule has 9 heteroatoms. The predicted molar refractivity (Wildman–Crippen MR) is 125 cm³/mol. The first-order valence-electron chi connectivity index (χ1n) is 10.5. The summed E-state index contributed by atoms with van der Waals surface area (Å²) in [4.78, 5) is 17.3. The summed E-state index contributed by atoms with van der Waals surface area (Å²) < 4.78 is 9.58. The zero-order chi connectivity index (χ0) is 22.1. The van der Waals surface area contributed by atoms with Gasteiger partial charge < -0.3 is 4.74 Å². The zero-order valence-electron chi connectivity index (χ0n) is 17.6. The molecule has 5 rings (SSSR count). The number of halogens is 1. The third-order valence-corrected chi connectivity index (χ3v) is 6.76. The largest absolute Gasteiger partial charge is 0.376 e. The Labute approximate surface area is 194 Å². The van der Waals surface area contributed by atoms with Crippen molar-refractivity contribution in [1.82, 2.24) is 24.1 Å². The molecule has 7 nitrogen and oxygen atoms in total. The molecule has 0 N–H and O–H groups in total. The number of aromatic nitrogens is 5. The highest BCUT2D eigenvalue weighted by Crippen LogP contribution is 2.28. The summed E-state index contributed by atoms with van der Waals surface area (Å²) in [7, 11) is 0. The molecule has 1 aromatic carbocycles. The first-order valence-corrected chi connectivity index (χ1v) is 11.9. The smallest absolute Gasteiger partial charge is 0.258 e. The van der Waals surface area contributed by atoms with E-state index in [1.165, 1.54) is 11.8 Å². The first-order chi connectivity index (χ1) is 15.6. The van der Waals surface area contributed by atoms with Gasteiger partial charge in [-0.05, 0) is 56.2 Å². The highest BCUT2D eigenvalue weighted by atomic mass is 35.5. The molecule has 1 aliphatic rings. The molecule has 32 heavy (non-hydrogen) atoms. The summed E-state index contributed by atoms with van der Waals surface area (Å²) in [6.45, 7) is 3.37. The van der Waals surface area contributed by atoms with Gasteiger partial charge in [-0.1, -0.05) is 29.4 Å². The second kappa shape index (κ2) is 9.05. The molecule has 1 fully saturated rings. The number of fused-ring (bicyclic) bond motifs is 1. The van der Waals surface area contributed by atoms with Crippen molar-refractivity contribution < 1.29 is 4.74 Å². The fourth-order valence-corrected chi connectivity index (χ4v) is 4.91. The zero-order valence-corrected chi connectivity index (χ0v) is 19.1. The average Bonchev–Trinajstić information content (AvgIpc) is 3.43. The average molecular weight is 468 g/mol. The Kier molecular flexibility index (Phi) is 5.99. The van der Waals surface area contributed by atoms with Gasteiger partial charge in [0.15, 0.2) is 11.0 Å². The summed E-state index contributed by atoms with van der Waals surface area (Å²) in [5, 5.41) is 10.4. The number of hydrogen-bond acceptors (Lipinski definition) is 6. The molecule has 0 aliphatic carbocycles. The van der Waals surface area contributed by atoms with Crippen LogP contribution < -0.4 is 5.56 Å². The maximum absolute atomic E-state index is 12.6. The molecule has 4 aromatic rings. The van der Waals surface area contributed by atoms with Crippen LogP contribution >= 0.6 is 23.4 Å². The fourth-order valence-electron chi connectivity index (χ4n) is 3.94. The number of benzene rings is 1. The van der Waals surface area contributed by atoms with Crippen molar-refractivity contribution >= 4 is 29.0 Å². The molecule has 4 heterocycles. The predicted octanol–water partition coefficient (Wildman–Crippen LogP) is 4.39. The number of ether oxygens (including phenoxy) is 1. The number of rotatable bonds is 6. The molecule has 0 saturated carbocycles. The second-order valence-electron chi connectivity index (χ2n) is 7.79. The summed E-state index contributed by atoms with van der Waals surface area (Å²) in [6, 6.07) is 14.8. The van der Waals surface area contributed by atoms with Crippen LogP contribution in [0.2, 0.25) is 5.02 Å². The van der Waals surface area contributed by atoms with Gasteiger partial charge in [-0.15, -0.1) is 10.2 Å². The second-order valence-corrected chi connectivity index (χ2v) is 9.17. The van der Waals surface area contributed by atoms with Crippen LogP contribution in [0.25, 0.3) is 17.0 Å². The van der Waals surface area contributed by atoms with Crippen molar-refractivity contribution in [1.29, 1.82) is 0 Å². The summed E-state index contributed by atoms with van der Waals surface area (Å²) >= 11 is 7.58. The highest BCUT2D eigenvalue weighted by Gasteiger charge is 2.22. The Morgan fingerprint density at radius 1 is 1.19 bits per heavy atom. The Hall–Kier alpha value is -2.68. The number of aryl methyl sites for hydroxylation is 1. The molecule has 1 aliphatic heterocycles. The Morgan fingerprint density at radius 2 is 2.03 bits per heavy atom. The van der Waals surface area contributed by atoms with E-state index < -0.39 is 0 Å². The van der Waals surface area contributed by atoms with E-state index in [0.717, 1.165) is 41.7 Å². The molecule has 0 spiro atoms. The molecule has 0 unspecified atom stereocenters. The van der Waals surface area contributed by atoms with Crippen molar-refractivity contribution in [3.8, 4) is 11.4 Å². The van der Waals surface area contributed by atoms with Crippen molar-refractivity contribution in [2.24, 2.45) is 0 Å². The van der Waals surface area contributed by atoms with Crippen LogP contribution in [0.3, 0.4) is 0 Å². The minimum absolute atomic E-state index is 0.0774. The van der Waals surface area contributed by atoms with Gasteiger partial charge >= 0.3 is 0 Å². The van der Waals surface area contributed by atoms with Gasteiger partial charge in [0.1, 0.15) is 5.65 Å². The van der Waals surface area contributed by atoms with Gasteiger partial charge in [-0.25, -0.2) is 4.98 Å². The molecule has 3 aromatic heterocycles. The van der Waals surface area contributed by atoms with Crippen LogP contribution in [-0.2, 0) is 17.0 Å². The van der Waals surface area contributed by atoms with Crippen LogP contribution in [-0.4, -0.2) is 36.9 Å². The van der Waals surface area contributed by atoms with Crippen LogP contribution in [0, 0.1) is 6.92 Å². The van der Waals surface area contributed by atoms with Gasteiger partial charge in [0.2, 0.25) is 0 Å². The topological polar surface area (TPSA) is 74.3 Å². The standard InChI is InChI=1S/C23H22ClN5O2S/c1-15-4-2-6-20-25-18(12-21(30)29(15)20)14-32-23-27-26-22(16-7-9-17(24)10-8-16)28(23)13-19-5-3-11-31-19/h2,4,6-10,12,19H,3,5,11,13-14H2,1H3/t19-/m0/s1. The maximum atomic E-state index is 12.6. The lowest BCUT2D eigenvalue weighted by Crippen LogP contribution is -2.18. The number of pyridine rings is 1. The minimum atomic E-state index is -0.0774. The normalized spacial score (nSPS) is 16.1. The lowest BCUT2D eigenvalue weighted by Gasteiger charge is -2.15. The monoisotopic (exact) mass is 467 g/mol. The van der Waals surface area contributed by atoms with Crippen molar-refractivity contribution in [2.45, 2.75) is 43.3 Å². The summed E-state index contributed by atoms with van der Waals surface area (Å²) in [5.74, 6) is 1.30. The van der Waals surface area contributed by atoms with Gasteiger partial charge in [0.05, 0.1) is 18.3 Å². The molecule has 0 amide bonds. The van der Waals surface area contributed by atoms with Crippen molar-refractivity contribution in [3.05, 3.63) is 75.3 Å². The number of thioether (sulfide) groups is 1.